The predicted molar refractivity (Wildman–Crippen MR) is 126 cm³/mol. The van der Waals surface area contributed by atoms with Gasteiger partial charge in [0.2, 0.25) is 0 Å². The van der Waals surface area contributed by atoms with Crippen molar-refractivity contribution in [2.45, 2.75) is 12.5 Å². The van der Waals surface area contributed by atoms with E-state index in [1.807, 2.05) is 65.7 Å². The Hall–Kier alpha value is -4.06. The number of nitrogens with zero attached hydrogens (tertiary/aromatic N) is 2. The zero-order valence-corrected chi connectivity index (χ0v) is 17.9. The number of aromatic carboxylic acids is 1. The third kappa shape index (κ3) is 4.64. The number of methoxy groups -OCH3 is 2. The van der Waals surface area contributed by atoms with Gasteiger partial charge in [0.25, 0.3) is 0 Å². The van der Waals surface area contributed by atoms with Crippen molar-refractivity contribution >= 4 is 23.4 Å². The van der Waals surface area contributed by atoms with E-state index in [1.165, 1.54) is 0 Å². The molecule has 6 nitrogen and oxygen atoms in total. The van der Waals surface area contributed by atoms with Crippen molar-refractivity contribution in [1.29, 1.82) is 0 Å². The van der Waals surface area contributed by atoms with Crippen LogP contribution < -0.4 is 14.5 Å². The Morgan fingerprint density at radius 2 is 1.50 bits per heavy atom. The van der Waals surface area contributed by atoms with Crippen LogP contribution in [0.5, 0.6) is 11.5 Å². The summed E-state index contributed by atoms with van der Waals surface area (Å²) < 4.78 is 10.5. The zero-order valence-electron chi connectivity index (χ0n) is 17.9. The molecule has 1 atom stereocenters. The molecule has 1 aliphatic heterocycles. The van der Waals surface area contributed by atoms with Crippen LogP contribution in [0.4, 0.5) is 5.69 Å². The largest absolute Gasteiger partial charge is 0.497 e. The Morgan fingerprint density at radius 1 is 0.906 bits per heavy atom. The van der Waals surface area contributed by atoms with Crippen molar-refractivity contribution in [3.63, 3.8) is 0 Å². The summed E-state index contributed by atoms with van der Waals surface area (Å²) in [7, 11) is 3.29. The van der Waals surface area contributed by atoms with Crippen LogP contribution in [0.1, 0.15) is 33.9 Å². The number of benzene rings is 3. The van der Waals surface area contributed by atoms with Crippen molar-refractivity contribution in [3.8, 4) is 11.5 Å². The third-order valence-electron chi connectivity index (χ3n) is 5.40. The lowest BCUT2D eigenvalue weighted by molar-refractivity contribution is 0.0697. The third-order valence-corrected chi connectivity index (χ3v) is 5.40. The molecule has 1 N–H and O–H groups in total. The van der Waals surface area contributed by atoms with Gasteiger partial charge in [0.05, 0.1) is 37.2 Å². The first-order chi connectivity index (χ1) is 15.6. The normalized spacial score (nSPS) is 15.6. The van der Waals surface area contributed by atoms with Gasteiger partial charge in [-0.15, -0.1) is 0 Å². The van der Waals surface area contributed by atoms with Gasteiger partial charge in [-0.05, 0) is 65.7 Å². The molecule has 0 fully saturated rings. The Labute approximate surface area is 187 Å². The van der Waals surface area contributed by atoms with Gasteiger partial charge in [-0.1, -0.05) is 30.3 Å². The van der Waals surface area contributed by atoms with E-state index in [9.17, 15) is 9.90 Å². The number of anilines is 1. The van der Waals surface area contributed by atoms with Gasteiger partial charge >= 0.3 is 5.97 Å². The highest BCUT2D eigenvalue weighted by molar-refractivity contribution is 6.01. The van der Waals surface area contributed by atoms with Gasteiger partial charge < -0.3 is 14.6 Å². The van der Waals surface area contributed by atoms with E-state index in [1.54, 1.807) is 38.5 Å². The van der Waals surface area contributed by atoms with E-state index in [-0.39, 0.29) is 11.6 Å². The molecule has 6 heteroatoms. The van der Waals surface area contributed by atoms with Crippen LogP contribution in [-0.2, 0) is 0 Å². The van der Waals surface area contributed by atoms with Gasteiger partial charge in [-0.25, -0.2) is 4.79 Å². The summed E-state index contributed by atoms with van der Waals surface area (Å²) in [6, 6.07) is 22.6. The molecule has 0 saturated carbocycles. The second-order valence-electron chi connectivity index (χ2n) is 7.39. The minimum Gasteiger partial charge on any atom is -0.497 e. The molecule has 3 aromatic rings. The molecular formula is C26H24N2O4. The minimum atomic E-state index is -0.948. The maximum absolute atomic E-state index is 11.2. The van der Waals surface area contributed by atoms with Crippen LogP contribution in [0.15, 0.2) is 84.0 Å². The quantitative estimate of drug-likeness (QED) is 0.544. The molecule has 162 valence electrons. The van der Waals surface area contributed by atoms with E-state index in [2.05, 4.69) is 0 Å². The van der Waals surface area contributed by atoms with Crippen molar-refractivity contribution < 1.29 is 19.4 Å². The van der Waals surface area contributed by atoms with E-state index >= 15 is 0 Å². The molecule has 0 bridgehead atoms. The number of hydrazone groups is 1. The van der Waals surface area contributed by atoms with Crippen molar-refractivity contribution in [1.82, 2.24) is 0 Å². The number of rotatable bonds is 7. The molecule has 0 aliphatic carbocycles. The first kappa shape index (κ1) is 21.2. The number of allylic oxidation sites excluding steroid dienone is 1. The van der Waals surface area contributed by atoms with Gasteiger partial charge in [-0.3, -0.25) is 5.01 Å². The van der Waals surface area contributed by atoms with Gasteiger partial charge in [0, 0.05) is 6.42 Å². The summed E-state index contributed by atoms with van der Waals surface area (Å²) in [4.78, 5) is 11.2. The number of carbonyl (C=O) groups is 1. The van der Waals surface area contributed by atoms with Crippen LogP contribution in [0.2, 0.25) is 0 Å². The fourth-order valence-electron chi connectivity index (χ4n) is 3.62. The highest BCUT2D eigenvalue weighted by Gasteiger charge is 2.28. The SMILES string of the molecule is COc1ccc(/C=C/C2=NN(c3ccc(C(=O)O)cc3)C(c3ccc(OC)cc3)C2)cc1. The molecule has 0 amide bonds. The summed E-state index contributed by atoms with van der Waals surface area (Å²) in [5.41, 5.74) is 4.17. The zero-order chi connectivity index (χ0) is 22.5. The summed E-state index contributed by atoms with van der Waals surface area (Å²) in [6.07, 6.45) is 4.77. The first-order valence-electron chi connectivity index (χ1n) is 10.2. The topological polar surface area (TPSA) is 71.4 Å². The maximum Gasteiger partial charge on any atom is 0.335 e. The number of ether oxygens (including phenoxy) is 2. The first-order valence-corrected chi connectivity index (χ1v) is 10.2. The lowest BCUT2D eigenvalue weighted by atomic mass is 10.0. The highest BCUT2D eigenvalue weighted by atomic mass is 16.5. The molecule has 0 saturated heterocycles. The van der Waals surface area contributed by atoms with Crippen molar-refractivity contribution in [2.75, 3.05) is 19.2 Å². The van der Waals surface area contributed by atoms with Crippen LogP contribution in [0.3, 0.4) is 0 Å². The number of hydrogen-bond acceptors (Lipinski definition) is 5. The van der Waals surface area contributed by atoms with E-state index in [4.69, 9.17) is 14.6 Å². The predicted octanol–water partition coefficient (Wildman–Crippen LogP) is 5.42. The summed E-state index contributed by atoms with van der Waals surface area (Å²) in [5.74, 6) is 0.664. The fourth-order valence-corrected chi connectivity index (χ4v) is 3.62. The Morgan fingerprint density at radius 3 is 2.06 bits per heavy atom. The molecule has 1 heterocycles. The van der Waals surface area contributed by atoms with E-state index in [0.29, 0.717) is 0 Å². The molecule has 1 unspecified atom stereocenters. The number of carboxylic acid groups (broad SMARTS) is 1. The molecule has 32 heavy (non-hydrogen) atoms. The van der Waals surface area contributed by atoms with Crippen LogP contribution in [-0.4, -0.2) is 31.0 Å². The minimum absolute atomic E-state index is 0.00731. The lowest BCUT2D eigenvalue weighted by Crippen LogP contribution is -2.18. The van der Waals surface area contributed by atoms with E-state index < -0.39 is 5.97 Å². The van der Waals surface area contributed by atoms with Crippen molar-refractivity contribution in [3.05, 3.63) is 95.6 Å². The molecule has 0 radical (unpaired) electrons. The van der Waals surface area contributed by atoms with Crippen LogP contribution in [0.25, 0.3) is 6.08 Å². The van der Waals surface area contributed by atoms with E-state index in [0.717, 1.165) is 40.4 Å². The summed E-state index contributed by atoms with van der Waals surface area (Å²) >= 11 is 0. The Bertz CT molecular complexity index is 1130. The molecular weight excluding hydrogens is 404 g/mol. The van der Waals surface area contributed by atoms with Crippen LogP contribution >= 0.6 is 0 Å². The fraction of sp³-hybridized carbons (Fsp3) is 0.154. The molecule has 3 aromatic carbocycles. The van der Waals surface area contributed by atoms with Crippen LogP contribution in [0, 0.1) is 0 Å². The lowest BCUT2D eigenvalue weighted by Gasteiger charge is -2.24. The van der Waals surface area contributed by atoms with Gasteiger partial charge in [0.1, 0.15) is 11.5 Å². The monoisotopic (exact) mass is 428 g/mol. The van der Waals surface area contributed by atoms with Crippen molar-refractivity contribution in [2.24, 2.45) is 5.10 Å². The average Bonchev–Trinajstić information content (AvgIpc) is 3.27. The average molecular weight is 428 g/mol. The Balaban J connectivity index is 1.62. The molecule has 0 spiro atoms. The summed E-state index contributed by atoms with van der Waals surface area (Å²) in [5, 5.41) is 16.0. The maximum atomic E-state index is 11.2. The Kier molecular flexibility index (Phi) is 6.22. The smallest absolute Gasteiger partial charge is 0.335 e. The summed E-state index contributed by atoms with van der Waals surface area (Å²) in [6.45, 7) is 0. The highest BCUT2D eigenvalue weighted by Crippen LogP contribution is 2.36. The number of hydrogen-bond donors (Lipinski definition) is 1. The number of carboxylic acids is 1. The molecule has 4 rings (SSSR count). The molecule has 1 aliphatic rings. The van der Waals surface area contributed by atoms with Gasteiger partial charge in [0.15, 0.2) is 0 Å². The standard InChI is InChI=1S/C26H24N2O4/c1-31-23-13-4-18(5-14-23)3-10-21-17-25(19-8-15-24(32-2)16-9-19)28(27-21)22-11-6-20(7-12-22)26(29)30/h3-16,25H,17H2,1-2H3,(H,29,30)/b10-3+. The second kappa shape index (κ2) is 9.39. The second-order valence-corrected chi connectivity index (χ2v) is 7.39. The van der Waals surface area contributed by atoms with Gasteiger partial charge in [-0.2, -0.15) is 5.10 Å². The molecule has 0 aromatic heterocycles.